The van der Waals surface area contributed by atoms with Gasteiger partial charge in [-0.25, -0.2) is 0 Å². The van der Waals surface area contributed by atoms with Crippen LogP contribution in [0.4, 0.5) is 5.69 Å². The number of nitrogens with one attached hydrogen (secondary N) is 1. The number of carbonyl (C=O) groups is 1. The number of ether oxygens (including phenoxy) is 1. The average molecular weight is 235 g/mol. The normalized spacial score (nSPS) is 18.6. The monoisotopic (exact) mass is 235 g/mol. The topological polar surface area (TPSA) is 38.3 Å². The van der Waals surface area contributed by atoms with Crippen LogP contribution < -0.4 is 5.32 Å². The van der Waals surface area contributed by atoms with Gasteiger partial charge in [0, 0.05) is 12.1 Å². The number of benzene rings is 1. The Morgan fingerprint density at radius 2 is 2.31 bits per heavy atom. The van der Waals surface area contributed by atoms with Crippen molar-refractivity contribution in [3.8, 4) is 0 Å². The molecule has 0 spiro atoms. The second-order valence-electron chi connectivity index (χ2n) is 3.64. The molecule has 0 fully saturated rings. The van der Waals surface area contributed by atoms with E-state index in [9.17, 15) is 4.79 Å². The number of hydrogen-bond donors (Lipinski definition) is 1. The highest BCUT2D eigenvalue weighted by Gasteiger charge is 2.29. The van der Waals surface area contributed by atoms with Crippen molar-refractivity contribution in [1.82, 2.24) is 0 Å². The summed E-state index contributed by atoms with van der Waals surface area (Å²) in [6.45, 7) is 2.21. The minimum absolute atomic E-state index is 0.196. The molecule has 84 valence electrons. The zero-order valence-corrected chi connectivity index (χ0v) is 9.84. The van der Waals surface area contributed by atoms with Crippen molar-refractivity contribution in [1.29, 1.82) is 0 Å². The third-order valence-electron chi connectivity index (χ3n) is 2.57. The summed E-state index contributed by atoms with van der Waals surface area (Å²) in [5.41, 5.74) is 1.88. The summed E-state index contributed by atoms with van der Waals surface area (Å²) in [7, 11) is 0. The van der Waals surface area contributed by atoms with Gasteiger partial charge in [-0.1, -0.05) is 30.4 Å². The number of carbonyl (C=O) groups excluding carboxylic acids is 1. The first-order valence-electron chi connectivity index (χ1n) is 5.27. The maximum Gasteiger partial charge on any atom is 0.313 e. The number of para-hydroxylation sites is 1. The molecule has 1 unspecified atom stereocenters. The van der Waals surface area contributed by atoms with Gasteiger partial charge in [0.05, 0.1) is 17.5 Å². The Morgan fingerprint density at radius 1 is 1.56 bits per heavy atom. The van der Waals surface area contributed by atoms with Crippen LogP contribution in [0.3, 0.4) is 0 Å². The molecular formula is C12H13NO2S. The lowest BCUT2D eigenvalue weighted by Crippen LogP contribution is -2.27. The van der Waals surface area contributed by atoms with Crippen LogP contribution in [-0.2, 0) is 9.53 Å². The molecule has 1 aliphatic heterocycles. The summed E-state index contributed by atoms with van der Waals surface area (Å²) in [6, 6.07) is 7.70. The van der Waals surface area contributed by atoms with Gasteiger partial charge in [0.2, 0.25) is 0 Å². The van der Waals surface area contributed by atoms with Gasteiger partial charge in [0.15, 0.2) is 0 Å². The molecule has 1 aromatic rings. The SMILES string of the molecule is CCOC(=O)C1CC(=S)Nc2ccccc21. The number of fused-ring (bicyclic) bond motifs is 1. The first-order chi connectivity index (χ1) is 7.72. The van der Waals surface area contributed by atoms with E-state index in [2.05, 4.69) is 5.32 Å². The van der Waals surface area contributed by atoms with Gasteiger partial charge in [-0.2, -0.15) is 0 Å². The van der Waals surface area contributed by atoms with E-state index in [0.717, 1.165) is 11.3 Å². The lowest BCUT2D eigenvalue weighted by atomic mass is 9.91. The zero-order chi connectivity index (χ0) is 11.5. The number of anilines is 1. The molecule has 1 N–H and O–H groups in total. The number of rotatable bonds is 2. The first kappa shape index (κ1) is 11.1. The van der Waals surface area contributed by atoms with Gasteiger partial charge < -0.3 is 10.1 Å². The molecule has 0 aliphatic carbocycles. The van der Waals surface area contributed by atoms with Crippen molar-refractivity contribution in [2.75, 3.05) is 11.9 Å². The van der Waals surface area contributed by atoms with Crippen molar-refractivity contribution < 1.29 is 9.53 Å². The number of esters is 1. The van der Waals surface area contributed by atoms with E-state index < -0.39 is 0 Å². The predicted octanol–water partition coefficient (Wildman–Crippen LogP) is 2.48. The Bertz CT molecular complexity index is 431. The molecule has 1 aromatic carbocycles. The summed E-state index contributed by atoms with van der Waals surface area (Å²) in [4.78, 5) is 12.5. The Balaban J connectivity index is 2.33. The van der Waals surface area contributed by atoms with E-state index in [1.54, 1.807) is 0 Å². The Labute approximate surface area is 99.8 Å². The molecule has 0 amide bonds. The average Bonchev–Trinajstić information content (AvgIpc) is 2.28. The molecule has 3 nitrogen and oxygen atoms in total. The summed E-state index contributed by atoms with van der Waals surface area (Å²) < 4.78 is 5.06. The van der Waals surface area contributed by atoms with Crippen LogP contribution in [0.15, 0.2) is 24.3 Å². The summed E-state index contributed by atoms with van der Waals surface area (Å²) >= 11 is 5.14. The largest absolute Gasteiger partial charge is 0.466 e. The second-order valence-corrected chi connectivity index (χ2v) is 4.14. The minimum atomic E-state index is -0.259. The third-order valence-corrected chi connectivity index (χ3v) is 2.84. The Kier molecular flexibility index (Phi) is 3.19. The van der Waals surface area contributed by atoms with Crippen LogP contribution in [0.2, 0.25) is 0 Å². The van der Waals surface area contributed by atoms with Crippen molar-refractivity contribution in [3.05, 3.63) is 29.8 Å². The summed E-state index contributed by atoms with van der Waals surface area (Å²) in [5, 5.41) is 3.11. The maximum atomic E-state index is 11.8. The number of hydrogen-bond acceptors (Lipinski definition) is 3. The zero-order valence-electron chi connectivity index (χ0n) is 9.03. The van der Waals surface area contributed by atoms with Crippen LogP contribution in [-0.4, -0.2) is 17.6 Å². The van der Waals surface area contributed by atoms with Gasteiger partial charge in [-0.15, -0.1) is 0 Å². The van der Waals surface area contributed by atoms with Crippen molar-refractivity contribution in [3.63, 3.8) is 0 Å². The van der Waals surface area contributed by atoms with Gasteiger partial charge in [0.1, 0.15) is 0 Å². The van der Waals surface area contributed by atoms with E-state index in [1.165, 1.54) is 0 Å². The second kappa shape index (κ2) is 4.61. The molecule has 0 bridgehead atoms. The Hall–Kier alpha value is -1.42. The highest BCUT2D eigenvalue weighted by Crippen LogP contribution is 2.33. The quantitative estimate of drug-likeness (QED) is 0.631. The summed E-state index contributed by atoms with van der Waals surface area (Å²) in [5.74, 6) is -0.455. The predicted molar refractivity (Wildman–Crippen MR) is 66.7 cm³/mol. The van der Waals surface area contributed by atoms with E-state index in [0.29, 0.717) is 18.0 Å². The van der Waals surface area contributed by atoms with E-state index in [1.807, 2.05) is 31.2 Å². The van der Waals surface area contributed by atoms with Gasteiger partial charge in [0.25, 0.3) is 0 Å². The molecule has 1 heterocycles. The molecule has 1 aliphatic rings. The molecule has 0 aromatic heterocycles. The van der Waals surface area contributed by atoms with Crippen LogP contribution in [0.5, 0.6) is 0 Å². The molecule has 0 saturated heterocycles. The molecular weight excluding hydrogens is 222 g/mol. The van der Waals surface area contributed by atoms with Crippen LogP contribution in [0, 0.1) is 0 Å². The van der Waals surface area contributed by atoms with E-state index >= 15 is 0 Å². The molecule has 0 radical (unpaired) electrons. The highest BCUT2D eigenvalue weighted by atomic mass is 32.1. The molecule has 4 heteroatoms. The van der Waals surface area contributed by atoms with Gasteiger partial charge in [-0.05, 0) is 18.6 Å². The van der Waals surface area contributed by atoms with E-state index in [4.69, 9.17) is 17.0 Å². The third kappa shape index (κ3) is 2.07. The van der Waals surface area contributed by atoms with Crippen LogP contribution >= 0.6 is 12.2 Å². The fraction of sp³-hybridized carbons (Fsp3) is 0.333. The van der Waals surface area contributed by atoms with E-state index in [-0.39, 0.29) is 11.9 Å². The van der Waals surface area contributed by atoms with Crippen molar-refractivity contribution in [2.24, 2.45) is 0 Å². The van der Waals surface area contributed by atoms with Crippen molar-refractivity contribution in [2.45, 2.75) is 19.3 Å². The van der Waals surface area contributed by atoms with Gasteiger partial charge in [-0.3, -0.25) is 4.79 Å². The Morgan fingerprint density at radius 3 is 3.06 bits per heavy atom. The summed E-state index contributed by atoms with van der Waals surface area (Å²) in [6.07, 6.45) is 0.533. The fourth-order valence-electron chi connectivity index (χ4n) is 1.86. The molecule has 0 saturated carbocycles. The molecule has 1 atom stereocenters. The van der Waals surface area contributed by atoms with Gasteiger partial charge >= 0.3 is 5.97 Å². The fourth-order valence-corrected chi connectivity index (χ4v) is 2.14. The lowest BCUT2D eigenvalue weighted by molar-refractivity contribution is -0.144. The molecule has 16 heavy (non-hydrogen) atoms. The smallest absolute Gasteiger partial charge is 0.313 e. The maximum absolute atomic E-state index is 11.8. The minimum Gasteiger partial charge on any atom is -0.466 e. The highest BCUT2D eigenvalue weighted by molar-refractivity contribution is 7.80. The molecule has 2 rings (SSSR count). The number of thiocarbonyl (C=S) groups is 1. The lowest BCUT2D eigenvalue weighted by Gasteiger charge is -2.25. The van der Waals surface area contributed by atoms with Crippen LogP contribution in [0.1, 0.15) is 24.8 Å². The standard InChI is InChI=1S/C12H13NO2S/c1-2-15-12(14)9-7-11(16)13-10-6-4-3-5-8(9)10/h3-6,9H,2,7H2,1H3,(H,13,16). The van der Waals surface area contributed by atoms with Crippen LogP contribution in [0.25, 0.3) is 0 Å². The first-order valence-corrected chi connectivity index (χ1v) is 5.68. The van der Waals surface area contributed by atoms with Crippen molar-refractivity contribution >= 4 is 28.9 Å².